The maximum atomic E-state index is 13.1. The summed E-state index contributed by atoms with van der Waals surface area (Å²) in [4.78, 5) is 13.1. The van der Waals surface area contributed by atoms with Gasteiger partial charge in [-0.3, -0.25) is 4.79 Å². The van der Waals surface area contributed by atoms with E-state index in [1.807, 2.05) is 73.7 Å². The number of rotatable bonds is 6. The van der Waals surface area contributed by atoms with Crippen molar-refractivity contribution in [2.75, 3.05) is 19.0 Å². The van der Waals surface area contributed by atoms with E-state index in [-0.39, 0.29) is 5.91 Å². The second-order valence-electron chi connectivity index (χ2n) is 6.95. The Morgan fingerprint density at radius 1 is 0.966 bits per heavy atom. The molecule has 4 aromatic rings. The minimum atomic E-state index is -0.250. The third kappa shape index (κ3) is 3.80. The molecular weight excluding hydrogens is 362 g/mol. The summed E-state index contributed by atoms with van der Waals surface area (Å²) >= 11 is 0. The molecule has 3 aromatic carbocycles. The number of hydrogen-bond donors (Lipinski definition) is 1. The lowest BCUT2D eigenvalue weighted by molar-refractivity contribution is 0.0998. The van der Waals surface area contributed by atoms with Crippen molar-refractivity contribution >= 4 is 22.6 Å². The first kappa shape index (κ1) is 19.0. The monoisotopic (exact) mass is 385 g/mol. The molecule has 4 rings (SSSR count). The van der Waals surface area contributed by atoms with Crippen LogP contribution in [0.3, 0.4) is 0 Å². The Bertz CT molecular complexity index is 1150. The molecule has 0 unspecified atom stereocenters. The molecule has 1 aromatic heterocycles. The first-order chi connectivity index (χ1) is 14.2. The van der Waals surface area contributed by atoms with Gasteiger partial charge in [-0.15, -0.1) is 0 Å². The van der Waals surface area contributed by atoms with Gasteiger partial charge >= 0.3 is 0 Å². The maximum absolute atomic E-state index is 13.1. The Hall–Kier alpha value is -3.37. The van der Waals surface area contributed by atoms with Crippen molar-refractivity contribution in [2.24, 2.45) is 0 Å². The first-order valence-electron chi connectivity index (χ1n) is 9.64. The molecule has 0 fully saturated rings. The number of anilines is 1. The molecule has 0 aliphatic rings. The molecule has 0 aliphatic carbocycles. The summed E-state index contributed by atoms with van der Waals surface area (Å²) in [6.07, 6.45) is 0.770. The van der Waals surface area contributed by atoms with Crippen molar-refractivity contribution in [1.29, 1.82) is 0 Å². The highest BCUT2D eigenvalue weighted by Crippen LogP contribution is 2.31. The standard InChI is InChI=1S/C25H23NO3/c1-17-23-19(15-16-28-2)11-8-14-22(23)29-24(17)25(27)26-21-13-7-6-12-20(21)18-9-4-3-5-10-18/h3-14H,15-16H2,1-2H3,(H,26,27). The van der Waals surface area contributed by atoms with Crippen LogP contribution in [0.2, 0.25) is 0 Å². The van der Waals surface area contributed by atoms with Crippen molar-refractivity contribution in [3.63, 3.8) is 0 Å². The van der Waals surface area contributed by atoms with Gasteiger partial charge in [-0.1, -0.05) is 60.7 Å². The fourth-order valence-corrected chi connectivity index (χ4v) is 3.66. The fourth-order valence-electron chi connectivity index (χ4n) is 3.66. The summed E-state index contributed by atoms with van der Waals surface area (Å²) in [6.45, 7) is 2.55. The zero-order valence-corrected chi connectivity index (χ0v) is 16.6. The number of carbonyl (C=O) groups excluding carboxylic acids is 1. The van der Waals surface area contributed by atoms with Crippen LogP contribution in [0.5, 0.6) is 0 Å². The van der Waals surface area contributed by atoms with Crippen molar-refractivity contribution in [3.05, 3.63) is 89.7 Å². The van der Waals surface area contributed by atoms with Gasteiger partial charge in [-0.05, 0) is 36.6 Å². The maximum Gasteiger partial charge on any atom is 0.291 e. The van der Waals surface area contributed by atoms with E-state index in [0.717, 1.165) is 45.3 Å². The van der Waals surface area contributed by atoms with Crippen molar-refractivity contribution in [1.82, 2.24) is 0 Å². The van der Waals surface area contributed by atoms with Crippen LogP contribution in [-0.4, -0.2) is 19.6 Å². The molecule has 0 atom stereocenters. The number of fused-ring (bicyclic) bond motifs is 1. The lowest BCUT2D eigenvalue weighted by Crippen LogP contribution is -2.13. The van der Waals surface area contributed by atoms with Gasteiger partial charge in [0.1, 0.15) is 5.58 Å². The highest BCUT2D eigenvalue weighted by atomic mass is 16.5. The van der Waals surface area contributed by atoms with E-state index in [9.17, 15) is 4.79 Å². The number of ether oxygens (including phenoxy) is 1. The Morgan fingerprint density at radius 3 is 2.52 bits per heavy atom. The number of para-hydroxylation sites is 1. The molecule has 1 amide bonds. The molecule has 0 saturated heterocycles. The normalized spacial score (nSPS) is 11.0. The van der Waals surface area contributed by atoms with Gasteiger partial charge < -0.3 is 14.5 Å². The smallest absolute Gasteiger partial charge is 0.291 e. The minimum Gasteiger partial charge on any atom is -0.451 e. The molecule has 0 bridgehead atoms. The predicted octanol–water partition coefficient (Wildman–Crippen LogP) is 5.85. The quantitative estimate of drug-likeness (QED) is 0.453. The topological polar surface area (TPSA) is 51.5 Å². The lowest BCUT2D eigenvalue weighted by Gasteiger charge is -2.10. The zero-order valence-electron chi connectivity index (χ0n) is 16.6. The van der Waals surface area contributed by atoms with Gasteiger partial charge in [-0.2, -0.15) is 0 Å². The largest absolute Gasteiger partial charge is 0.451 e. The molecule has 0 aliphatic heterocycles. The van der Waals surface area contributed by atoms with E-state index < -0.39 is 0 Å². The van der Waals surface area contributed by atoms with Crippen molar-refractivity contribution in [2.45, 2.75) is 13.3 Å². The molecule has 146 valence electrons. The Labute approximate surface area is 170 Å². The van der Waals surface area contributed by atoms with E-state index in [1.54, 1.807) is 7.11 Å². The molecule has 0 saturated carbocycles. The van der Waals surface area contributed by atoms with Crippen LogP contribution >= 0.6 is 0 Å². The molecule has 1 heterocycles. The Morgan fingerprint density at radius 2 is 1.72 bits per heavy atom. The van der Waals surface area contributed by atoms with Gasteiger partial charge in [0.2, 0.25) is 0 Å². The van der Waals surface area contributed by atoms with Crippen molar-refractivity contribution in [3.8, 4) is 11.1 Å². The van der Waals surface area contributed by atoms with E-state index >= 15 is 0 Å². The molecule has 0 radical (unpaired) electrons. The van der Waals surface area contributed by atoms with Gasteiger partial charge in [0, 0.05) is 29.3 Å². The van der Waals surface area contributed by atoms with Crippen LogP contribution in [-0.2, 0) is 11.2 Å². The third-order valence-corrected chi connectivity index (χ3v) is 5.08. The average molecular weight is 385 g/mol. The molecular formula is C25H23NO3. The Balaban J connectivity index is 1.68. The highest BCUT2D eigenvalue weighted by molar-refractivity contribution is 6.08. The molecule has 4 nitrogen and oxygen atoms in total. The second kappa shape index (κ2) is 8.33. The number of benzene rings is 3. The molecule has 4 heteroatoms. The van der Waals surface area contributed by atoms with Crippen molar-refractivity contribution < 1.29 is 13.9 Å². The number of nitrogens with one attached hydrogen (secondary N) is 1. The summed E-state index contributed by atoms with van der Waals surface area (Å²) in [7, 11) is 1.69. The van der Waals surface area contributed by atoms with Gasteiger partial charge in [0.15, 0.2) is 5.76 Å². The van der Waals surface area contributed by atoms with Gasteiger partial charge in [-0.25, -0.2) is 0 Å². The van der Waals surface area contributed by atoms with Crippen LogP contribution < -0.4 is 5.32 Å². The highest BCUT2D eigenvalue weighted by Gasteiger charge is 2.20. The molecule has 1 N–H and O–H groups in total. The first-order valence-corrected chi connectivity index (χ1v) is 9.64. The molecule has 0 spiro atoms. The number of aryl methyl sites for hydroxylation is 1. The summed E-state index contributed by atoms with van der Waals surface area (Å²) in [5.41, 5.74) is 5.46. The SMILES string of the molecule is COCCc1cccc2oc(C(=O)Nc3ccccc3-c3ccccc3)c(C)c12. The summed E-state index contributed by atoms with van der Waals surface area (Å²) in [6, 6.07) is 23.7. The number of amides is 1. The summed E-state index contributed by atoms with van der Waals surface area (Å²) < 4.78 is 11.2. The minimum absolute atomic E-state index is 0.250. The Kier molecular flexibility index (Phi) is 5.45. The van der Waals surface area contributed by atoms with Crippen LogP contribution in [0.1, 0.15) is 21.7 Å². The van der Waals surface area contributed by atoms with E-state index in [4.69, 9.17) is 9.15 Å². The summed E-state index contributed by atoms with van der Waals surface area (Å²) in [5.74, 6) is 0.0903. The summed E-state index contributed by atoms with van der Waals surface area (Å²) in [5, 5.41) is 4.02. The second-order valence-corrected chi connectivity index (χ2v) is 6.95. The number of methoxy groups -OCH3 is 1. The van der Waals surface area contributed by atoms with E-state index in [0.29, 0.717) is 12.4 Å². The predicted molar refractivity (Wildman–Crippen MR) is 116 cm³/mol. The molecule has 29 heavy (non-hydrogen) atoms. The van der Waals surface area contributed by atoms with Gasteiger partial charge in [0.05, 0.1) is 6.61 Å². The zero-order chi connectivity index (χ0) is 20.2. The number of hydrogen-bond acceptors (Lipinski definition) is 3. The lowest BCUT2D eigenvalue weighted by atomic mass is 10.0. The fraction of sp³-hybridized carbons (Fsp3) is 0.160. The van der Waals surface area contributed by atoms with Crippen LogP contribution in [0.25, 0.3) is 22.1 Å². The number of furan rings is 1. The van der Waals surface area contributed by atoms with Crippen LogP contribution in [0.15, 0.2) is 77.2 Å². The van der Waals surface area contributed by atoms with Crippen LogP contribution in [0.4, 0.5) is 5.69 Å². The van der Waals surface area contributed by atoms with E-state index in [2.05, 4.69) is 11.4 Å². The number of carbonyl (C=O) groups is 1. The van der Waals surface area contributed by atoms with Gasteiger partial charge in [0.25, 0.3) is 5.91 Å². The van der Waals surface area contributed by atoms with E-state index in [1.165, 1.54) is 0 Å². The third-order valence-electron chi connectivity index (χ3n) is 5.08. The van der Waals surface area contributed by atoms with Crippen LogP contribution in [0, 0.1) is 6.92 Å². The average Bonchev–Trinajstić information content (AvgIpc) is 3.10.